The second-order valence-corrected chi connectivity index (χ2v) is 5.24. The summed E-state index contributed by atoms with van der Waals surface area (Å²) in [6, 6.07) is 15.0. The third-order valence-corrected chi connectivity index (χ3v) is 4.23. The van der Waals surface area contributed by atoms with Crippen LogP contribution < -0.4 is 5.73 Å². The fraction of sp³-hybridized carbons (Fsp3) is 0.312. The van der Waals surface area contributed by atoms with Gasteiger partial charge in [0.2, 0.25) is 0 Å². The Morgan fingerprint density at radius 1 is 1.06 bits per heavy atom. The fourth-order valence-electron chi connectivity index (χ4n) is 3.07. The summed E-state index contributed by atoms with van der Waals surface area (Å²) in [4.78, 5) is 4.09. The third-order valence-electron chi connectivity index (χ3n) is 4.23. The van der Waals surface area contributed by atoms with Crippen molar-refractivity contribution in [1.82, 2.24) is 4.98 Å². The molecule has 1 aliphatic carbocycles. The van der Waals surface area contributed by atoms with E-state index in [1.165, 1.54) is 11.1 Å². The summed E-state index contributed by atoms with van der Waals surface area (Å²) >= 11 is 0. The molecule has 0 amide bonds. The number of hydrogen-bond acceptors (Lipinski definition) is 2. The summed E-state index contributed by atoms with van der Waals surface area (Å²) in [5.41, 5.74) is 8.97. The number of hydrogen-bond donors (Lipinski definition) is 1. The van der Waals surface area contributed by atoms with Gasteiger partial charge in [0.25, 0.3) is 0 Å². The van der Waals surface area contributed by atoms with E-state index in [9.17, 15) is 0 Å². The molecule has 2 aromatic rings. The molecular formula is C16H18N2. The van der Waals surface area contributed by atoms with E-state index in [2.05, 4.69) is 47.4 Å². The van der Waals surface area contributed by atoms with E-state index in [0.717, 1.165) is 19.4 Å². The third kappa shape index (κ3) is 1.83. The quantitative estimate of drug-likeness (QED) is 0.893. The average molecular weight is 238 g/mol. The molecule has 0 aliphatic heterocycles. The van der Waals surface area contributed by atoms with Crippen molar-refractivity contribution in [3.63, 3.8) is 0 Å². The van der Waals surface area contributed by atoms with Gasteiger partial charge in [0.15, 0.2) is 0 Å². The lowest BCUT2D eigenvalue weighted by molar-refractivity contribution is 0.209. The Morgan fingerprint density at radius 2 is 1.72 bits per heavy atom. The van der Waals surface area contributed by atoms with Crippen molar-refractivity contribution in [1.29, 1.82) is 0 Å². The normalized spacial score (nSPS) is 26.6. The van der Waals surface area contributed by atoms with Crippen molar-refractivity contribution in [2.24, 2.45) is 5.73 Å². The minimum Gasteiger partial charge on any atom is -0.330 e. The van der Waals surface area contributed by atoms with E-state index in [-0.39, 0.29) is 5.41 Å². The molecule has 0 atom stereocenters. The van der Waals surface area contributed by atoms with Crippen LogP contribution in [0.3, 0.4) is 0 Å². The molecule has 0 bridgehead atoms. The topological polar surface area (TPSA) is 38.9 Å². The number of nitrogens with two attached hydrogens (primary N) is 1. The Balaban J connectivity index is 1.80. The molecule has 2 nitrogen and oxygen atoms in total. The predicted octanol–water partition coefficient (Wildman–Crippen LogP) is 2.86. The van der Waals surface area contributed by atoms with Gasteiger partial charge in [0.05, 0.1) is 0 Å². The van der Waals surface area contributed by atoms with E-state index in [4.69, 9.17) is 5.73 Å². The Hall–Kier alpha value is -1.67. The zero-order valence-corrected chi connectivity index (χ0v) is 10.4. The van der Waals surface area contributed by atoms with Crippen molar-refractivity contribution in [2.75, 3.05) is 6.54 Å². The van der Waals surface area contributed by atoms with Crippen LogP contribution in [0.2, 0.25) is 0 Å². The van der Waals surface area contributed by atoms with Crippen LogP contribution in [0.15, 0.2) is 54.9 Å². The van der Waals surface area contributed by atoms with Crippen molar-refractivity contribution in [3.05, 3.63) is 66.0 Å². The maximum absolute atomic E-state index is 6.02. The first-order valence-electron chi connectivity index (χ1n) is 6.50. The molecule has 1 aromatic carbocycles. The number of rotatable bonds is 3. The average Bonchev–Trinajstić information content (AvgIpc) is 2.41. The van der Waals surface area contributed by atoms with Gasteiger partial charge in [-0.05, 0) is 42.0 Å². The molecule has 0 saturated heterocycles. The Kier molecular flexibility index (Phi) is 2.88. The Morgan fingerprint density at radius 3 is 2.33 bits per heavy atom. The summed E-state index contributed by atoms with van der Waals surface area (Å²) < 4.78 is 0. The molecule has 1 saturated carbocycles. The highest BCUT2D eigenvalue weighted by atomic mass is 14.7. The molecule has 1 heterocycles. The lowest BCUT2D eigenvalue weighted by Crippen LogP contribution is -2.46. The molecule has 0 radical (unpaired) electrons. The zero-order valence-electron chi connectivity index (χ0n) is 10.4. The molecule has 2 N–H and O–H groups in total. The lowest BCUT2D eigenvalue weighted by Gasteiger charge is -2.48. The van der Waals surface area contributed by atoms with Crippen LogP contribution in [0.1, 0.15) is 29.9 Å². The second-order valence-electron chi connectivity index (χ2n) is 5.24. The van der Waals surface area contributed by atoms with Crippen molar-refractivity contribution in [3.8, 4) is 0 Å². The van der Waals surface area contributed by atoms with E-state index >= 15 is 0 Å². The van der Waals surface area contributed by atoms with Gasteiger partial charge >= 0.3 is 0 Å². The van der Waals surface area contributed by atoms with Gasteiger partial charge < -0.3 is 5.73 Å². The molecule has 1 aromatic heterocycles. The number of aromatic nitrogens is 1. The molecule has 3 rings (SSSR count). The van der Waals surface area contributed by atoms with Crippen LogP contribution in [0.25, 0.3) is 0 Å². The summed E-state index contributed by atoms with van der Waals surface area (Å²) in [7, 11) is 0. The van der Waals surface area contributed by atoms with E-state index in [1.807, 2.05) is 12.4 Å². The van der Waals surface area contributed by atoms with Gasteiger partial charge in [-0.1, -0.05) is 30.3 Å². The van der Waals surface area contributed by atoms with E-state index in [1.54, 1.807) is 0 Å². The van der Waals surface area contributed by atoms with Crippen LogP contribution in [-0.4, -0.2) is 11.5 Å². The van der Waals surface area contributed by atoms with Gasteiger partial charge in [-0.3, -0.25) is 4.98 Å². The monoisotopic (exact) mass is 238 g/mol. The van der Waals surface area contributed by atoms with Crippen molar-refractivity contribution < 1.29 is 0 Å². The Bertz CT molecular complexity index is 501. The van der Waals surface area contributed by atoms with Crippen molar-refractivity contribution >= 4 is 0 Å². The van der Waals surface area contributed by atoms with E-state index < -0.39 is 0 Å². The minimum absolute atomic E-state index is 0.170. The second kappa shape index (κ2) is 4.54. The number of benzene rings is 1. The van der Waals surface area contributed by atoms with Crippen LogP contribution >= 0.6 is 0 Å². The van der Waals surface area contributed by atoms with Crippen LogP contribution in [0.4, 0.5) is 0 Å². The van der Waals surface area contributed by atoms with Crippen LogP contribution in [0.5, 0.6) is 0 Å². The number of nitrogens with zero attached hydrogens (tertiary/aromatic N) is 1. The summed E-state index contributed by atoms with van der Waals surface area (Å²) in [5, 5.41) is 0. The largest absolute Gasteiger partial charge is 0.330 e. The number of pyridine rings is 1. The zero-order chi connectivity index (χ0) is 12.4. The first-order chi connectivity index (χ1) is 8.84. The van der Waals surface area contributed by atoms with Gasteiger partial charge in [0, 0.05) is 24.4 Å². The first-order valence-corrected chi connectivity index (χ1v) is 6.50. The fourth-order valence-corrected chi connectivity index (χ4v) is 3.07. The van der Waals surface area contributed by atoms with E-state index in [0.29, 0.717) is 5.92 Å². The molecule has 1 aliphatic rings. The highest BCUT2D eigenvalue weighted by Crippen LogP contribution is 2.51. The molecular weight excluding hydrogens is 220 g/mol. The van der Waals surface area contributed by atoms with Gasteiger partial charge in [-0.25, -0.2) is 0 Å². The maximum atomic E-state index is 6.02. The molecule has 92 valence electrons. The van der Waals surface area contributed by atoms with Gasteiger partial charge in [-0.15, -0.1) is 0 Å². The molecule has 18 heavy (non-hydrogen) atoms. The standard InChI is InChI=1S/C16H18N2/c17-12-16(15-6-8-18-9-7-15)10-14(11-16)13-4-2-1-3-5-13/h1-9,14H,10-12,17H2. The molecule has 2 heteroatoms. The highest BCUT2D eigenvalue weighted by Gasteiger charge is 2.44. The SMILES string of the molecule is NCC1(c2ccncc2)CC(c2ccccc2)C1. The summed E-state index contributed by atoms with van der Waals surface area (Å²) in [5.74, 6) is 0.655. The summed E-state index contributed by atoms with van der Waals surface area (Å²) in [6.07, 6.45) is 6.03. The smallest absolute Gasteiger partial charge is 0.0270 e. The van der Waals surface area contributed by atoms with Crippen LogP contribution in [0, 0.1) is 0 Å². The predicted molar refractivity (Wildman–Crippen MR) is 73.4 cm³/mol. The lowest BCUT2D eigenvalue weighted by atomic mass is 9.57. The van der Waals surface area contributed by atoms with Gasteiger partial charge in [0.1, 0.15) is 0 Å². The highest BCUT2D eigenvalue weighted by molar-refractivity contribution is 5.34. The maximum Gasteiger partial charge on any atom is 0.0270 e. The molecule has 0 spiro atoms. The van der Waals surface area contributed by atoms with Crippen LogP contribution in [-0.2, 0) is 5.41 Å². The molecule has 0 unspecified atom stereocenters. The minimum atomic E-state index is 0.170. The Labute approximate surface area is 108 Å². The van der Waals surface area contributed by atoms with Crippen molar-refractivity contribution in [2.45, 2.75) is 24.2 Å². The molecule has 1 fully saturated rings. The summed E-state index contributed by atoms with van der Waals surface area (Å²) in [6.45, 7) is 0.723. The van der Waals surface area contributed by atoms with Gasteiger partial charge in [-0.2, -0.15) is 0 Å². The first kappa shape index (κ1) is 11.4.